The summed E-state index contributed by atoms with van der Waals surface area (Å²) >= 11 is 0. The molecule has 0 saturated carbocycles. The minimum atomic E-state index is 0.611. The highest BCUT2D eigenvalue weighted by atomic mass is 15.2. The van der Waals surface area contributed by atoms with Crippen molar-refractivity contribution in [2.24, 2.45) is 0 Å². The quantitative estimate of drug-likeness (QED) is 0.875. The molecule has 3 nitrogen and oxygen atoms in total. The highest BCUT2D eigenvalue weighted by Gasteiger charge is 2.18. The number of fused-ring (bicyclic) bond motifs is 1. The molecule has 3 heteroatoms. The lowest BCUT2D eigenvalue weighted by Gasteiger charge is -2.32. The van der Waals surface area contributed by atoms with Gasteiger partial charge in [0.1, 0.15) is 5.82 Å². The number of aromatic nitrogens is 1. The molecule has 3 rings (SSSR count). The average molecular weight is 241 g/mol. The topological polar surface area (TPSA) is 28.2 Å². The summed E-state index contributed by atoms with van der Waals surface area (Å²) < 4.78 is 0. The van der Waals surface area contributed by atoms with E-state index < -0.39 is 0 Å². The number of rotatable bonds is 2. The minimum absolute atomic E-state index is 0.611. The van der Waals surface area contributed by atoms with Gasteiger partial charge in [-0.2, -0.15) is 0 Å². The molecule has 0 amide bonds. The Kier molecular flexibility index (Phi) is 3.15. The van der Waals surface area contributed by atoms with Gasteiger partial charge in [0.15, 0.2) is 0 Å². The van der Waals surface area contributed by atoms with Crippen molar-refractivity contribution in [2.75, 3.05) is 25.0 Å². The van der Waals surface area contributed by atoms with Crippen molar-refractivity contribution in [3.63, 3.8) is 0 Å². The first-order valence-corrected chi connectivity index (χ1v) is 6.64. The lowest BCUT2D eigenvalue weighted by Crippen LogP contribution is -2.41. The van der Waals surface area contributed by atoms with Gasteiger partial charge in [0.2, 0.25) is 0 Å². The van der Waals surface area contributed by atoms with E-state index in [0.717, 1.165) is 24.4 Å². The summed E-state index contributed by atoms with van der Waals surface area (Å²) in [7, 11) is 2.16. The van der Waals surface area contributed by atoms with Crippen molar-refractivity contribution >= 4 is 16.7 Å². The Morgan fingerprint density at radius 3 is 2.72 bits per heavy atom. The smallest absolute Gasteiger partial charge is 0.129 e. The first kappa shape index (κ1) is 11.5. The molecule has 1 saturated heterocycles. The van der Waals surface area contributed by atoms with Crippen molar-refractivity contribution in [1.82, 2.24) is 10.3 Å². The molecule has 0 atom stereocenters. The molecule has 0 unspecified atom stereocenters. The largest absolute Gasteiger partial charge is 0.357 e. The van der Waals surface area contributed by atoms with Crippen LogP contribution in [0.3, 0.4) is 0 Å². The zero-order valence-corrected chi connectivity index (χ0v) is 10.8. The molecule has 0 radical (unpaired) electrons. The van der Waals surface area contributed by atoms with Crippen LogP contribution in [0.5, 0.6) is 0 Å². The summed E-state index contributed by atoms with van der Waals surface area (Å²) in [5, 5.41) is 4.61. The summed E-state index contributed by atoms with van der Waals surface area (Å²) in [5.74, 6) is 1.08. The average Bonchev–Trinajstić information content (AvgIpc) is 2.47. The van der Waals surface area contributed by atoms with Crippen LogP contribution in [0.1, 0.15) is 12.8 Å². The maximum Gasteiger partial charge on any atom is 0.129 e. The van der Waals surface area contributed by atoms with Crippen LogP contribution in [0.15, 0.2) is 36.4 Å². The zero-order valence-electron chi connectivity index (χ0n) is 10.8. The van der Waals surface area contributed by atoms with Gasteiger partial charge in [-0.15, -0.1) is 0 Å². The van der Waals surface area contributed by atoms with Gasteiger partial charge in [-0.05, 0) is 44.1 Å². The SMILES string of the molecule is CN(c1ccc2ccccc2n1)C1CCNCC1. The van der Waals surface area contributed by atoms with E-state index in [1.165, 1.54) is 18.2 Å². The second-order valence-corrected chi connectivity index (χ2v) is 4.95. The molecule has 1 aromatic carbocycles. The van der Waals surface area contributed by atoms with Gasteiger partial charge >= 0.3 is 0 Å². The van der Waals surface area contributed by atoms with E-state index in [1.54, 1.807) is 0 Å². The molecule has 18 heavy (non-hydrogen) atoms. The second-order valence-electron chi connectivity index (χ2n) is 4.95. The fourth-order valence-electron chi connectivity index (χ4n) is 2.63. The molecule has 94 valence electrons. The third-order valence-corrected chi connectivity index (χ3v) is 3.80. The lowest BCUT2D eigenvalue weighted by atomic mass is 10.1. The number of para-hydroxylation sites is 1. The van der Waals surface area contributed by atoms with E-state index in [9.17, 15) is 0 Å². The highest BCUT2D eigenvalue weighted by molar-refractivity contribution is 5.80. The van der Waals surface area contributed by atoms with Crippen LogP contribution in [0.2, 0.25) is 0 Å². The number of hydrogen-bond acceptors (Lipinski definition) is 3. The van der Waals surface area contributed by atoms with Crippen LogP contribution in [0, 0.1) is 0 Å². The summed E-state index contributed by atoms with van der Waals surface area (Å²) in [6.45, 7) is 2.23. The van der Waals surface area contributed by atoms with E-state index in [-0.39, 0.29) is 0 Å². The van der Waals surface area contributed by atoms with Gasteiger partial charge in [-0.1, -0.05) is 18.2 Å². The number of benzene rings is 1. The van der Waals surface area contributed by atoms with E-state index in [1.807, 2.05) is 6.07 Å². The Labute approximate surface area is 108 Å². The van der Waals surface area contributed by atoms with Gasteiger partial charge in [-0.3, -0.25) is 0 Å². The van der Waals surface area contributed by atoms with Crippen LogP contribution >= 0.6 is 0 Å². The predicted octanol–water partition coefficient (Wildman–Crippen LogP) is 2.42. The summed E-state index contributed by atoms with van der Waals surface area (Å²) in [4.78, 5) is 7.08. The molecule has 1 N–H and O–H groups in total. The maximum absolute atomic E-state index is 4.76. The van der Waals surface area contributed by atoms with Crippen molar-refractivity contribution < 1.29 is 0 Å². The highest BCUT2D eigenvalue weighted by Crippen LogP contribution is 2.21. The standard InChI is InChI=1S/C15H19N3/c1-18(13-8-10-16-11-9-13)15-7-6-12-4-2-3-5-14(12)17-15/h2-7,13,16H,8-11H2,1H3. The third kappa shape index (κ3) is 2.18. The first-order chi connectivity index (χ1) is 8.84. The Hall–Kier alpha value is -1.61. The molecule has 0 aliphatic carbocycles. The lowest BCUT2D eigenvalue weighted by molar-refractivity contribution is 0.442. The number of nitrogens with one attached hydrogen (secondary N) is 1. The normalized spacial score (nSPS) is 16.9. The molecular weight excluding hydrogens is 222 g/mol. The first-order valence-electron chi connectivity index (χ1n) is 6.64. The molecule has 0 spiro atoms. The molecular formula is C15H19N3. The van der Waals surface area contributed by atoms with Crippen LogP contribution < -0.4 is 10.2 Å². The fourth-order valence-corrected chi connectivity index (χ4v) is 2.63. The fraction of sp³-hybridized carbons (Fsp3) is 0.400. The monoisotopic (exact) mass is 241 g/mol. The van der Waals surface area contributed by atoms with Crippen LogP contribution in [0.25, 0.3) is 10.9 Å². The van der Waals surface area contributed by atoms with Gasteiger partial charge in [0.05, 0.1) is 5.52 Å². The molecule has 1 aliphatic rings. The van der Waals surface area contributed by atoms with Crippen LogP contribution in [0.4, 0.5) is 5.82 Å². The predicted molar refractivity (Wildman–Crippen MR) is 76.0 cm³/mol. The molecule has 1 aliphatic heterocycles. The Morgan fingerprint density at radius 1 is 1.11 bits per heavy atom. The number of piperidine rings is 1. The molecule has 1 fully saturated rings. The van der Waals surface area contributed by atoms with Crippen molar-refractivity contribution in [3.8, 4) is 0 Å². The van der Waals surface area contributed by atoms with Crippen molar-refractivity contribution in [2.45, 2.75) is 18.9 Å². The summed E-state index contributed by atoms with van der Waals surface area (Å²) in [6.07, 6.45) is 2.40. The number of pyridine rings is 1. The van der Waals surface area contributed by atoms with Crippen molar-refractivity contribution in [1.29, 1.82) is 0 Å². The van der Waals surface area contributed by atoms with Gasteiger partial charge in [0.25, 0.3) is 0 Å². The van der Waals surface area contributed by atoms with Crippen LogP contribution in [-0.4, -0.2) is 31.2 Å². The molecule has 2 heterocycles. The van der Waals surface area contributed by atoms with Crippen LogP contribution in [-0.2, 0) is 0 Å². The Balaban J connectivity index is 1.88. The van der Waals surface area contributed by atoms with Gasteiger partial charge in [0, 0.05) is 18.5 Å². The van der Waals surface area contributed by atoms with E-state index in [4.69, 9.17) is 4.98 Å². The van der Waals surface area contributed by atoms with Gasteiger partial charge < -0.3 is 10.2 Å². The minimum Gasteiger partial charge on any atom is -0.357 e. The molecule has 0 bridgehead atoms. The third-order valence-electron chi connectivity index (χ3n) is 3.80. The van der Waals surface area contributed by atoms with E-state index in [0.29, 0.717) is 6.04 Å². The van der Waals surface area contributed by atoms with Crippen molar-refractivity contribution in [3.05, 3.63) is 36.4 Å². The number of anilines is 1. The Morgan fingerprint density at radius 2 is 1.89 bits per heavy atom. The van der Waals surface area contributed by atoms with Gasteiger partial charge in [-0.25, -0.2) is 4.98 Å². The second kappa shape index (κ2) is 4.94. The zero-order chi connectivity index (χ0) is 12.4. The maximum atomic E-state index is 4.76. The van der Waals surface area contributed by atoms with E-state index >= 15 is 0 Å². The Bertz CT molecular complexity index is 532. The van der Waals surface area contributed by atoms with E-state index in [2.05, 4.69) is 47.6 Å². The number of hydrogen-bond donors (Lipinski definition) is 1. The molecule has 1 aromatic heterocycles. The molecule has 2 aromatic rings. The number of nitrogens with zero attached hydrogens (tertiary/aromatic N) is 2. The summed E-state index contributed by atoms with van der Waals surface area (Å²) in [5.41, 5.74) is 1.08. The summed E-state index contributed by atoms with van der Waals surface area (Å²) in [6, 6.07) is 13.2.